The van der Waals surface area contributed by atoms with Crippen LogP contribution >= 0.6 is 15.9 Å². The molecule has 0 N–H and O–H groups in total. The van der Waals surface area contributed by atoms with Crippen molar-refractivity contribution in [2.45, 2.75) is 20.8 Å². The van der Waals surface area contributed by atoms with Gasteiger partial charge in [0.25, 0.3) is 0 Å². The van der Waals surface area contributed by atoms with Crippen molar-refractivity contribution in [3.8, 4) is 28.9 Å². The molecule has 7 nitrogen and oxygen atoms in total. The topological polar surface area (TPSA) is 83.4 Å². The number of methoxy groups -OCH3 is 2. The molecule has 9 heteroatoms. The van der Waals surface area contributed by atoms with Crippen molar-refractivity contribution in [2.24, 2.45) is 5.41 Å². The first-order valence-corrected chi connectivity index (χ1v) is 10.8. The van der Waals surface area contributed by atoms with E-state index in [1.807, 2.05) is 24.3 Å². The minimum absolute atomic E-state index is 0.0169. The van der Waals surface area contributed by atoms with Crippen LogP contribution in [0.5, 0.6) is 17.6 Å². The van der Waals surface area contributed by atoms with E-state index < -0.39 is 17.2 Å². The third-order valence-electron chi connectivity index (χ3n) is 4.98. The normalized spacial score (nSPS) is 11.6. The fourth-order valence-electron chi connectivity index (χ4n) is 3.30. The van der Waals surface area contributed by atoms with Crippen LogP contribution in [0.25, 0.3) is 32.9 Å². The number of fused-ring (bicyclic) bond motifs is 2. The minimum atomic E-state index is -0.703. The van der Waals surface area contributed by atoms with Gasteiger partial charge in [-0.3, -0.25) is 4.79 Å². The maximum absolute atomic E-state index is 15.9. The lowest BCUT2D eigenvalue weighted by Crippen LogP contribution is -2.25. The van der Waals surface area contributed by atoms with E-state index in [0.29, 0.717) is 15.9 Å². The summed E-state index contributed by atoms with van der Waals surface area (Å²) in [5, 5.41) is 1.78. The zero-order valence-electron chi connectivity index (χ0n) is 18.7. The maximum Gasteiger partial charge on any atom is 0.320 e. The molecule has 4 aromatic rings. The summed E-state index contributed by atoms with van der Waals surface area (Å²) in [4.78, 5) is 25.2. The standard InChI is InChI=1S/C24H21BrFN3O4/c1-24(2,3)22(30)33-13-10-12-8-6-7-9-14(12)15(11-13)18-17(26)19-16(20(25)27-18)21(31-4)29-23(28-19)32-5/h6-11H,1-5H3. The Hall–Kier alpha value is -3.33. The van der Waals surface area contributed by atoms with Gasteiger partial charge in [0, 0.05) is 5.56 Å². The Labute approximate surface area is 198 Å². The molecule has 0 radical (unpaired) electrons. The fourth-order valence-corrected chi connectivity index (χ4v) is 3.83. The van der Waals surface area contributed by atoms with Crippen LogP contribution in [0, 0.1) is 11.2 Å². The summed E-state index contributed by atoms with van der Waals surface area (Å²) < 4.78 is 32.2. The predicted octanol–water partition coefficient (Wildman–Crippen LogP) is 5.72. The van der Waals surface area contributed by atoms with Crippen molar-refractivity contribution in [1.29, 1.82) is 0 Å². The molecule has 2 heterocycles. The SMILES string of the molecule is COc1nc(OC)c2c(Br)nc(-c3cc(OC(=O)C(C)(C)C)cc4ccccc34)c(F)c2n1. The Morgan fingerprint density at radius 1 is 1.03 bits per heavy atom. The van der Waals surface area contributed by atoms with E-state index in [1.54, 1.807) is 32.9 Å². The number of hydrogen-bond donors (Lipinski definition) is 0. The second-order valence-corrected chi connectivity index (χ2v) is 9.09. The molecule has 4 rings (SSSR count). The van der Waals surface area contributed by atoms with E-state index in [9.17, 15) is 4.79 Å². The van der Waals surface area contributed by atoms with E-state index >= 15 is 4.39 Å². The molecule has 0 atom stereocenters. The monoisotopic (exact) mass is 513 g/mol. The van der Waals surface area contributed by atoms with Gasteiger partial charge >= 0.3 is 12.0 Å². The van der Waals surface area contributed by atoms with Crippen LogP contribution in [0.2, 0.25) is 0 Å². The van der Waals surface area contributed by atoms with Crippen molar-refractivity contribution in [3.63, 3.8) is 0 Å². The maximum atomic E-state index is 15.9. The zero-order valence-corrected chi connectivity index (χ0v) is 20.3. The van der Waals surface area contributed by atoms with Crippen LogP contribution in [0.1, 0.15) is 20.8 Å². The number of aromatic nitrogens is 3. The average molecular weight is 514 g/mol. The van der Waals surface area contributed by atoms with Gasteiger partial charge < -0.3 is 14.2 Å². The lowest BCUT2D eigenvalue weighted by Gasteiger charge is -2.18. The van der Waals surface area contributed by atoms with E-state index in [1.165, 1.54) is 14.2 Å². The van der Waals surface area contributed by atoms with E-state index in [2.05, 4.69) is 30.9 Å². The van der Waals surface area contributed by atoms with E-state index in [4.69, 9.17) is 14.2 Å². The number of benzene rings is 2. The highest BCUT2D eigenvalue weighted by atomic mass is 79.9. The van der Waals surface area contributed by atoms with Gasteiger partial charge in [0.05, 0.1) is 25.0 Å². The second-order valence-electron chi connectivity index (χ2n) is 8.34. The Morgan fingerprint density at radius 3 is 2.42 bits per heavy atom. The number of ether oxygens (including phenoxy) is 3. The van der Waals surface area contributed by atoms with Crippen LogP contribution in [-0.4, -0.2) is 35.1 Å². The summed E-state index contributed by atoms with van der Waals surface area (Å²) in [6.07, 6.45) is 0. The first kappa shape index (κ1) is 22.8. The first-order valence-electron chi connectivity index (χ1n) is 10.0. The number of esters is 1. The van der Waals surface area contributed by atoms with Gasteiger partial charge in [-0.15, -0.1) is 0 Å². The molecule has 0 unspecified atom stereocenters. The fraction of sp³-hybridized carbons (Fsp3) is 0.250. The number of carbonyl (C=O) groups is 1. The highest BCUT2D eigenvalue weighted by Crippen LogP contribution is 2.39. The van der Waals surface area contributed by atoms with Crippen molar-refractivity contribution in [3.05, 3.63) is 46.8 Å². The predicted molar refractivity (Wildman–Crippen MR) is 126 cm³/mol. The number of hydrogen-bond acceptors (Lipinski definition) is 7. The van der Waals surface area contributed by atoms with Crippen LogP contribution < -0.4 is 14.2 Å². The lowest BCUT2D eigenvalue weighted by molar-refractivity contribution is -0.142. The Balaban J connectivity index is 2.01. The second kappa shape index (κ2) is 8.55. The molecule has 0 fully saturated rings. The number of carbonyl (C=O) groups excluding carboxylic acids is 1. The molecule has 0 bridgehead atoms. The summed E-state index contributed by atoms with van der Waals surface area (Å²) in [5.74, 6) is -0.672. The number of halogens is 2. The van der Waals surface area contributed by atoms with Crippen molar-refractivity contribution in [2.75, 3.05) is 14.2 Å². The molecule has 170 valence electrons. The van der Waals surface area contributed by atoms with Crippen molar-refractivity contribution in [1.82, 2.24) is 15.0 Å². The van der Waals surface area contributed by atoms with Crippen LogP contribution in [0.4, 0.5) is 4.39 Å². The highest BCUT2D eigenvalue weighted by Gasteiger charge is 2.26. The molecule has 0 aliphatic carbocycles. The van der Waals surface area contributed by atoms with Gasteiger partial charge in [-0.25, -0.2) is 9.37 Å². The molecule has 33 heavy (non-hydrogen) atoms. The molecule has 2 aromatic carbocycles. The smallest absolute Gasteiger partial charge is 0.320 e. The molecule has 0 aliphatic rings. The van der Waals surface area contributed by atoms with Crippen LogP contribution in [-0.2, 0) is 4.79 Å². The summed E-state index contributed by atoms with van der Waals surface area (Å²) in [6.45, 7) is 5.29. The summed E-state index contributed by atoms with van der Waals surface area (Å²) in [7, 11) is 2.80. The highest BCUT2D eigenvalue weighted by molar-refractivity contribution is 9.10. The molecule has 0 saturated carbocycles. The third-order valence-corrected chi connectivity index (χ3v) is 5.55. The van der Waals surface area contributed by atoms with Gasteiger partial charge in [0.2, 0.25) is 5.88 Å². The summed E-state index contributed by atoms with van der Waals surface area (Å²) >= 11 is 3.40. The lowest BCUT2D eigenvalue weighted by atomic mass is 9.97. The first-order chi connectivity index (χ1) is 15.6. The molecule has 0 spiro atoms. The van der Waals surface area contributed by atoms with E-state index in [-0.39, 0.29) is 28.5 Å². The number of rotatable bonds is 4. The summed E-state index contributed by atoms with van der Waals surface area (Å²) in [5.41, 5.74) is -0.245. The molecule has 0 saturated heterocycles. The van der Waals surface area contributed by atoms with Gasteiger partial charge in [-0.1, -0.05) is 24.3 Å². The third kappa shape index (κ3) is 4.20. The van der Waals surface area contributed by atoms with Crippen molar-refractivity contribution < 1.29 is 23.4 Å². The number of pyridine rings is 1. The number of nitrogens with zero attached hydrogens (tertiary/aromatic N) is 3. The van der Waals surface area contributed by atoms with Crippen LogP contribution in [0.3, 0.4) is 0 Å². The van der Waals surface area contributed by atoms with Crippen molar-refractivity contribution >= 4 is 43.6 Å². The van der Waals surface area contributed by atoms with Gasteiger partial charge in [-0.2, -0.15) is 9.97 Å². The van der Waals surface area contributed by atoms with E-state index in [0.717, 1.165) is 10.8 Å². The zero-order chi connectivity index (χ0) is 23.9. The minimum Gasteiger partial charge on any atom is -0.480 e. The molecular weight excluding hydrogens is 493 g/mol. The Morgan fingerprint density at radius 2 is 1.76 bits per heavy atom. The summed E-state index contributed by atoms with van der Waals surface area (Å²) in [6, 6.07) is 10.7. The average Bonchev–Trinajstić information content (AvgIpc) is 2.79. The quantitative estimate of drug-likeness (QED) is 0.196. The van der Waals surface area contributed by atoms with Gasteiger partial charge in [-0.05, 0) is 59.6 Å². The van der Waals surface area contributed by atoms with Crippen LogP contribution in [0.15, 0.2) is 41.0 Å². The molecule has 0 amide bonds. The Kier molecular flexibility index (Phi) is 5.92. The van der Waals surface area contributed by atoms with Gasteiger partial charge in [0.15, 0.2) is 5.82 Å². The molecular formula is C24H21BrFN3O4. The Bertz CT molecular complexity index is 1400. The van der Waals surface area contributed by atoms with Gasteiger partial charge in [0.1, 0.15) is 21.6 Å². The largest absolute Gasteiger partial charge is 0.480 e. The molecule has 0 aliphatic heterocycles. The molecule has 2 aromatic heterocycles.